The Morgan fingerprint density at radius 1 is 0.250 bits per heavy atom. The van der Waals surface area contributed by atoms with Gasteiger partial charge >= 0.3 is 0 Å². The fourth-order valence-electron chi connectivity index (χ4n) is 6.66. The normalized spacial score (nSPS) is 11.3. The van der Waals surface area contributed by atoms with Crippen molar-refractivity contribution in [3.63, 3.8) is 0 Å². The van der Waals surface area contributed by atoms with Gasteiger partial charge in [-0.05, 0) is 78.8 Å². The van der Waals surface area contributed by atoms with E-state index < -0.39 is 0 Å². The maximum Gasteiger partial charge on any atom is 0.164 e. The fraction of sp³-hybridized carbons (Fsp3) is 0. The van der Waals surface area contributed by atoms with Gasteiger partial charge in [-0.15, -0.1) is 0 Å². The molecule has 3 nitrogen and oxygen atoms in total. The van der Waals surface area contributed by atoms with Gasteiger partial charge in [0.25, 0.3) is 0 Å². The zero-order valence-corrected chi connectivity index (χ0v) is 26.1. The van der Waals surface area contributed by atoms with E-state index in [2.05, 4.69) is 115 Å². The molecule has 0 aliphatic rings. The quantitative estimate of drug-likeness (QED) is 0.182. The Morgan fingerprint density at radius 2 is 0.750 bits per heavy atom. The summed E-state index contributed by atoms with van der Waals surface area (Å²) in [6, 6.07) is 61.9. The van der Waals surface area contributed by atoms with E-state index in [1.54, 1.807) is 0 Å². The Labute approximate surface area is 278 Å². The van der Waals surface area contributed by atoms with Crippen LogP contribution in [-0.4, -0.2) is 15.0 Å². The van der Waals surface area contributed by atoms with Crippen molar-refractivity contribution >= 4 is 32.3 Å². The lowest BCUT2D eigenvalue weighted by molar-refractivity contribution is 1.07. The first-order valence-electron chi connectivity index (χ1n) is 16.2. The van der Waals surface area contributed by atoms with Crippen LogP contribution in [0.5, 0.6) is 0 Å². The number of nitrogens with zero attached hydrogens (tertiary/aromatic N) is 3. The summed E-state index contributed by atoms with van der Waals surface area (Å²) in [7, 11) is 0. The third-order valence-corrected chi connectivity index (χ3v) is 9.07. The summed E-state index contributed by atoms with van der Waals surface area (Å²) in [6.07, 6.45) is 0. The smallest absolute Gasteiger partial charge is 0.164 e. The predicted octanol–water partition coefficient (Wildman–Crippen LogP) is 11.7. The molecular weight excluding hydrogens is 583 g/mol. The Kier molecular flexibility index (Phi) is 6.80. The second kappa shape index (κ2) is 11.7. The van der Waals surface area contributed by atoms with Gasteiger partial charge in [-0.3, -0.25) is 0 Å². The number of hydrogen-bond donors (Lipinski definition) is 0. The molecule has 0 saturated carbocycles. The molecule has 0 N–H and O–H groups in total. The van der Waals surface area contributed by atoms with E-state index in [0.29, 0.717) is 17.5 Å². The van der Waals surface area contributed by atoms with Crippen LogP contribution >= 0.6 is 0 Å². The first-order valence-corrected chi connectivity index (χ1v) is 16.2. The number of rotatable bonds is 5. The van der Waals surface area contributed by atoms with Gasteiger partial charge in [-0.2, -0.15) is 0 Å². The molecular formula is C45H29N3. The number of benzene rings is 8. The van der Waals surface area contributed by atoms with Crippen LogP contribution in [0.25, 0.3) is 88.7 Å². The summed E-state index contributed by atoms with van der Waals surface area (Å²) >= 11 is 0. The molecule has 48 heavy (non-hydrogen) atoms. The summed E-state index contributed by atoms with van der Waals surface area (Å²) in [5.74, 6) is 1.97. The minimum atomic E-state index is 0.653. The van der Waals surface area contributed by atoms with Crippen molar-refractivity contribution in [2.75, 3.05) is 0 Å². The van der Waals surface area contributed by atoms with Crippen LogP contribution in [0.1, 0.15) is 0 Å². The van der Waals surface area contributed by atoms with E-state index in [9.17, 15) is 0 Å². The molecule has 0 aliphatic heterocycles. The zero-order valence-electron chi connectivity index (χ0n) is 26.1. The molecule has 0 amide bonds. The summed E-state index contributed by atoms with van der Waals surface area (Å²) < 4.78 is 0. The molecule has 0 fully saturated rings. The molecule has 1 aromatic heterocycles. The molecule has 9 rings (SSSR count). The third-order valence-electron chi connectivity index (χ3n) is 9.07. The van der Waals surface area contributed by atoms with Gasteiger partial charge in [0.15, 0.2) is 17.5 Å². The van der Waals surface area contributed by atoms with Crippen LogP contribution in [0.15, 0.2) is 176 Å². The van der Waals surface area contributed by atoms with E-state index in [1.807, 2.05) is 60.7 Å². The van der Waals surface area contributed by atoms with Gasteiger partial charge in [0, 0.05) is 16.7 Å². The summed E-state index contributed by atoms with van der Waals surface area (Å²) in [6.45, 7) is 0. The minimum Gasteiger partial charge on any atom is -0.208 e. The molecule has 0 atom stereocenters. The maximum atomic E-state index is 4.96. The van der Waals surface area contributed by atoms with Gasteiger partial charge in [0.1, 0.15) is 0 Å². The second-order valence-corrected chi connectivity index (χ2v) is 12.1. The van der Waals surface area contributed by atoms with Crippen LogP contribution in [0.3, 0.4) is 0 Å². The van der Waals surface area contributed by atoms with Gasteiger partial charge in [0.2, 0.25) is 0 Å². The highest BCUT2D eigenvalue weighted by Gasteiger charge is 2.14. The van der Waals surface area contributed by atoms with E-state index in [1.165, 1.54) is 43.6 Å². The molecule has 1 heterocycles. The third kappa shape index (κ3) is 5.08. The van der Waals surface area contributed by atoms with Gasteiger partial charge < -0.3 is 0 Å². The molecule has 8 aromatic carbocycles. The van der Waals surface area contributed by atoms with Crippen molar-refractivity contribution in [2.24, 2.45) is 0 Å². The molecule has 0 spiro atoms. The SMILES string of the molecule is c1ccc(-c2nc(-c3ccccc3)nc(-c3ccc4ccc(-c5cccc(-c6cc7ccccc7c7ccccc67)c5)cc4c3)n2)cc1. The Bertz CT molecular complexity index is 2550. The minimum absolute atomic E-state index is 0.653. The van der Waals surface area contributed by atoms with Crippen LogP contribution < -0.4 is 0 Å². The standard InChI is InChI=1S/C45H29N3/c1-3-12-31(13-4-1)43-46-44(32-14-5-2-6-15-32)48-45(47-43)37-25-23-30-22-24-34(27-38(30)28-37)33-17-11-18-35(26-33)42-29-36-16-7-8-19-39(36)40-20-9-10-21-41(40)42/h1-29H. The highest BCUT2D eigenvalue weighted by Crippen LogP contribution is 2.37. The van der Waals surface area contributed by atoms with Crippen molar-refractivity contribution in [1.82, 2.24) is 15.0 Å². The van der Waals surface area contributed by atoms with Crippen molar-refractivity contribution in [2.45, 2.75) is 0 Å². The summed E-state index contributed by atoms with van der Waals surface area (Å²) in [5.41, 5.74) is 7.66. The molecule has 0 radical (unpaired) electrons. The maximum absolute atomic E-state index is 4.96. The molecule has 3 heteroatoms. The molecule has 0 bridgehead atoms. The number of hydrogen-bond acceptors (Lipinski definition) is 3. The van der Waals surface area contributed by atoms with Gasteiger partial charge in [-0.1, -0.05) is 152 Å². The molecule has 0 aliphatic carbocycles. The number of fused-ring (bicyclic) bond motifs is 4. The van der Waals surface area contributed by atoms with Crippen LogP contribution in [-0.2, 0) is 0 Å². The molecule has 0 unspecified atom stereocenters. The first kappa shape index (κ1) is 27.8. The van der Waals surface area contributed by atoms with Crippen LogP contribution in [0, 0.1) is 0 Å². The topological polar surface area (TPSA) is 38.7 Å². The van der Waals surface area contributed by atoms with Crippen molar-refractivity contribution in [3.8, 4) is 56.4 Å². The lowest BCUT2D eigenvalue weighted by Gasteiger charge is -2.13. The Hall–Kier alpha value is -6.45. The molecule has 9 aromatic rings. The van der Waals surface area contributed by atoms with Crippen molar-refractivity contribution in [1.29, 1.82) is 0 Å². The zero-order chi connectivity index (χ0) is 31.9. The summed E-state index contributed by atoms with van der Waals surface area (Å²) in [4.78, 5) is 14.8. The van der Waals surface area contributed by atoms with Crippen molar-refractivity contribution in [3.05, 3.63) is 176 Å². The van der Waals surface area contributed by atoms with Crippen molar-refractivity contribution < 1.29 is 0 Å². The van der Waals surface area contributed by atoms with Crippen LogP contribution in [0.2, 0.25) is 0 Å². The lowest BCUT2D eigenvalue weighted by Crippen LogP contribution is -2.00. The largest absolute Gasteiger partial charge is 0.208 e. The van der Waals surface area contributed by atoms with E-state index >= 15 is 0 Å². The Balaban J connectivity index is 1.14. The molecule has 224 valence electrons. The van der Waals surface area contributed by atoms with Crippen LogP contribution in [0.4, 0.5) is 0 Å². The lowest BCUT2D eigenvalue weighted by atomic mass is 9.91. The highest BCUT2D eigenvalue weighted by molar-refractivity contribution is 6.13. The van der Waals surface area contributed by atoms with E-state index in [-0.39, 0.29) is 0 Å². The average Bonchev–Trinajstić information content (AvgIpc) is 3.17. The first-order chi connectivity index (χ1) is 23.8. The summed E-state index contributed by atoms with van der Waals surface area (Å²) in [5, 5.41) is 7.37. The predicted molar refractivity (Wildman–Crippen MR) is 200 cm³/mol. The monoisotopic (exact) mass is 611 g/mol. The van der Waals surface area contributed by atoms with Gasteiger partial charge in [0.05, 0.1) is 0 Å². The second-order valence-electron chi connectivity index (χ2n) is 12.1. The van der Waals surface area contributed by atoms with E-state index in [0.717, 1.165) is 27.6 Å². The number of aromatic nitrogens is 3. The molecule has 0 saturated heterocycles. The van der Waals surface area contributed by atoms with Gasteiger partial charge in [-0.25, -0.2) is 15.0 Å². The van der Waals surface area contributed by atoms with E-state index in [4.69, 9.17) is 15.0 Å². The fourth-order valence-corrected chi connectivity index (χ4v) is 6.66. The Morgan fingerprint density at radius 3 is 1.46 bits per heavy atom. The average molecular weight is 612 g/mol. The highest BCUT2D eigenvalue weighted by atomic mass is 15.0.